The number of ketones is 1. The molecule has 0 aliphatic rings. The maximum Gasteiger partial charge on any atom is 0.408 e. The minimum Gasteiger partial charge on any atom is -0.481 e. The first-order valence-electron chi connectivity index (χ1n) is 15.4. The average molecular weight is 721 g/mol. The highest BCUT2D eigenvalue weighted by molar-refractivity contribution is 6.36. The van der Waals surface area contributed by atoms with Crippen molar-refractivity contribution in [2.75, 3.05) is 6.54 Å². The lowest BCUT2D eigenvalue weighted by Crippen LogP contribution is -2.52. The second-order valence-electron chi connectivity index (χ2n) is 11.9. The van der Waals surface area contributed by atoms with Crippen LogP contribution in [0.1, 0.15) is 63.4 Å². The molecule has 3 aromatic rings. The van der Waals surface area contributed by atoms with Gasteiger partial charge in [0.25, 0.3) is 0 Å². The van der Waals surface area contributed by atoms with E-state index in [0.29, 0.717) is 28.5 Å². The topological polar surface area (TPSA) is 204 Å². The highest BCUT2D eigenvalue weighted by atomic mass is 35.5. The number of carbonyl (C=O) groups is 5. The molecule has 0 fully saturated rings. The molecular formula is C32H39Cl2N7O8. The van der Waals surface area contributed by atoms with Crippen LogP contribution < -0.4 is 16.0 Å². The van der Waals surface area contributed by atoms with Gasteiger partial charge in [-0.1, -0.05) is 59.6 Å². The van der Waals surface area contributed by atoms with Gasteiger partial charge in [-0.15, -0.1) is 10.2 Å². The second-order valence-corrected chi connectivity index (χ2v) is 12.7. The minimum atomic E-state index is -1.49. The number of nitrogens with zero attached hydrogens (tertiary/aromatic N) is 4. The number of nitrogens with one attached hydrogen (secondary N) is 3. The number of carboxylic acids is 1. The maximum atomic E-state index is 13.4. The van der Waals surface area contributed by atoms with E-state index in [4.69, 9.17) is 32.7 Å². The van der Waals surface area contributed by atoms with Crippen LogP contribution in [-0.2, 0) is 43.4 Å². The van der Waals surface area contributed by atoms with Crippen LogP contribution in [0.15, 0.2) is 48.5 Å². The van der Waals surface area contributed by atoms with E-state index in [-0.39, 0.29) is 31.8 Å². The standard InChI is InChI=1S/C32H39Cl2N7O8/c1-32(2,3)49-30(46)35-15-8-7-14-24(37-31(47)48-19-20-10-5-4-6-11-20)29(45)36-25(17-28(43)44)26(42)18-41-39-27(38-40-41)16-21-22(33)12-9-13-23(21)34/h4-6,9-13,24-25H,7-8,14-19H2,1-3H3,(H,35,46)(H,36,45)(H,37,47)(H,43,44)/t24-,25?/m0/s1. The lowest BCUT2D eigenvalue weighted by molar-refractivity contribution is -0.140. The molecule has 0 spiro atoms. The number of ether oxygens (including phenoxy) is 2. The summed E-state index contributed by atoms with van der Waals surface area (Å²) in [4.78, 5) is 63.9. The number of amides is 3. The van der Waals surface area contributed by atoms with Gasteiger partial charge in [-0.2, -0.15) is 4.80 Å². The smallest absolute Gasteiger partial charge is 0.408 e. The van der Waals surface area contributed by atoms with E-state index >= 15 is 0 Å². The SMILES string of the molecule is CC(C)(C)OC(=O)NCCCC[C@H](NC(=O)OCc1ccccc1)C(=O)NC(CC(=O)O)C(=O)Cn1nnc(Cc2c(Cl)cccc2Cl)n1. The maximum absolute atomic E-state index is 13.4. The van der Waals surface area contributed by atoms with E-state index in [1.165, 1.54) is 0 Å². The van der Waals surface area contributed by atoms with Gasteiger partial charge in [0.05, 0.1) is 6.42 Å². The summed E-state index contributed by atoms with van der Waals surface area (Å²) in [5.74, 6) is -2.67. The van der Waals surface area contributed by atoms with Crippen molar-refractivity contribution in [1.29, 1.82) is 0 Å². The fourth-order valence-corrected chi connectivity index (χ4v) is 4.90. The van der Waals surface area contributed by atoms with E-state index in [2.05, 4.69) is 31.4 Å². The van der Waals surface area contributed by atoms with Crippen LogP contribution in [0.3, 0.4) is 0 Å². The molecule has 1 unspecified atom stereocenters. The molecule has 0 aliphatic carbocycles. The zero-order chi connectivity index (χ0) is 36.0. The Bertz CT molecular complexity index is 1580. The van der Waals surface area contributed by atoms with Crippen LogP contribution in [0.25, 0.3) is 0 Å². The molecule has 17 heteroatoms. The average Bonchev–Trinajstić information content (AvgIpc) is 3.46. The first-order valence-corrected chi connectivity index (χ1v) is 16.1. The van der Waals surface area contributed by atoms with Gasteiger partial charge in [0.2, 0.25) is 5.91 Å². The van der Waals surface area contributed by atoms with Crippen LogP contribution in [0.4, 0.5) is 9.59 Å². The number of benzene rings is 2. The third-order valence-corrected chi connectivity index (χ3v) is 7.39. The Kier molecular flexibility index (Phi) is 14.8. The Morgan fingerprint density at radius 3 is 2.27 bits per heavy atom. The van der Waals surface area contributed by atoms with Gasteiger partial charge >= 0.3 is 18.2 Å². The van der Waals surface area contributed by atoms with Crippen molar-refractivity contribution < 1.29 is 38.6 Å². The number of carboxylic acid groups (broad SMARTS) is 1. The number of Topliss-reactive ketones (excluding diaryl/α,β-unsaturated/α-hetero) is 1. The number of aromatic nitrogens is 4. The molecule has 0 aliphatic heterocycles. The molecular weight excluding hydrogens is 681 g/mol. The molecule has 264 valence electrons. The number of carbonyl (C=O) groups excluding carboxylic acids is 4. The third-order valence-electron chi connectivity index (χ3n) is 6.68. The number of halogens is 2. The highest BCUT2D eigenvalue weighted by Gasteiger charge is 2.29. The molecule has 4 N–H and O–H groups in total. The predicted molar refractivity (Wildman–Crippen MR) is 178 cm³/mol. The lowest BCUT2D eigenvalue weighted by Gasteiger charge is -2.22. The predicted octanol–water partition coefficient (Wildman–Crippen LogP) is 4.09. The largest absolute Gasteiger partial charge is 0.481 e. The van der Waals surface area contributed by atoms with E-state index in [0.717, 1.165) is 10.4 Å². The monoisotopic (exact) mass is 719 g/mol. The Morgan fingerprint density at radius 1 is 0.918 bits per heavy atom. The normalized spacial score (nSPS) is 12.3. The molecule has 0 bridgehead atoms. The zero-order valence-electron chi connectivity index (χ0n) is 27.3. The zero-order valence-corrected chi connectivity index (χ0v) is 28.8. The molecule has 1 aromatic heterocycles. The van der Waals surface area contributed by atoms with Crippen molar-refractivity contribution in [3.05, 3.63) is 75.5 Å². The molecule has 49 heavy (non-hydrogen) atoms. The number of tetrazole rings is 1. The van der Waals surface area contributed by atoms with Crippen LogP contribution in [0, 0.1) is 0 Å². The minimum absolute atomic E-state index is 0.0590. The fraction of sp³-hybridized carbons (Fsp3) is 0.438. The van der Waals surface area contributed by atoms with Crippen molar-refractivity contribution in [1.82, 2.24) is 36.2 Å². The van der Waals surface area contributed by atoms with Crippen molar-refractivity contribution >= 4 is 53.0 Å². The summed E-state index contributed by atoms with van der Waals surface area (Å²) in [6.45, 7) is 4.88. The molecule has 0 saturated carbocycles. The van der Waals surface area contributed by atoms with E-state index in [9.17, 15) is 29.1 Å². The molecule has 2 aromatic carbocycles. The van der Waals surface area contributed by atoms with E-state index in [1.54, 1.807) is 63.2 Å². The number of hydrogen-bond acceptors (Lipinski definition) is 10. The molecule has 3 amide bonds. The molecule has 2 atom stereocenters. The number of hydrogen-bond donors (Lipinski definition) is 4. The van der Waals surface area contributed by atoms with Crippen LogP contribution in [0.5, 0.6) is 0 Å². The second kappa shape index (κ2) is 18.7. The number of unbranched alkanes of at least 4 members (excludes halogenated alkanes) is 1. The summed E-state index contributed by atoms with van der Waals surface area (Å²) in [5.41, 5.74) is 0.617. The van der Waals surface area contributed by atoms with Gasteiger partial charge in [-0.25, -0.2) is 9.59 Å². The third kappa shape index (κ3) is 14.1. The highest BCUT2D eigenvalue weighted by Crippen LogP contribution is 2.25. The lowest BCUT2D eigenvalue weighted by atomic mass is 10.1. The van der Waals surface area contributed by atoms with Gasteiger partial charge in [0, 0.05) is 23.0 Å². The Balaban J connectivity index is 1.65. The number of alkyl carbamates (subject to hydrolysis) is 2. The van der Waals surface area contributed by atoms with Crippen LogP contribution in [0.2, 0.25) is 10.0 Å². The summed E-state index contributed by atoms with van der Waals surface area (Å²) in [6.07, 6.45) is -1.26. The van der Waals surface area contributed by atoms with Gasteiger partial charge in [0.1, 0.15) is 30.8 Å². The molecule has 15 nitrogen and oxygen atoms in total. The summed E-state index contributed by atoms with van der Waals surface area (Å²) in [6, 6.07) is 11.2. The van der Waals surface area contributed by atoms with Crippen molar-refractivity contribution in [2.45, 2.75) is 83.7 Å². The van der Waals surface area contributed by atoms with E-state index in [1.807, 2.05) is 6.07 Å². The fourth-order valence-electron chi connectivity index (χ4n) is 4.37. The Morgan fingerprint density at radius 2 is 1.61 bits per heavy atom. The Labute approximate surface area is 293 Å². The molecule has 1 heterocycles. The summed E-state index contributed by atoms with van der Waals surface area (Å²) >= 11 is 12.4. The first kappa shape index (κ1) is 38.7. The van der Waals surface area contributed by atoms with Gasteiger partial charge in [-0.05, 0) is 68.5 Å². The molecule has 0 saturated heterocycles. The Hall–Kier alpha value is -4.76. The number of rotatable bonds is 17. The molecule has 3 rings (SSSR count). The number of aliphatic carboxylic acids is 1. The van der Waals surface area contributed by atoms with E-state index < -0.39 is 60.5 Å². The van der Waals surface area contributed by atoms with Crippen molar-refractivity contribution in [3.63, 3.8) is 0 Å². The van der Waals surface area contributed by atoms with Crippen LogP contribution >= 0.6 is 23.2 Å². The van der Waals surface area contributed by atoms with Crippen molar-refractivity contribution in [3.8, 4) is 0 Å². The van der Waals surface area contributed by atoms with Gasteiger partial charge in [-0.3, -0.25) is 14.4 Å². The van der Waals surface area contributed by atoms with Crippen molar-refractivity contribution in [2.24, 2.45) is 0 Å². The summed E-state index contributed by atoms with van der Waals surface area (Å²) < 4.78 is 10.5. The first-order chi connectivity index (χ1) is 23.2. The summed E-state index contributed by atoms with van der Waals surface area (Å²) in [7, 11) is 0. The van der Waals surface area contributed by atoms with Gasteiger partial charge in [0.15, 0.2) is 11.6 Å². The van der Waals surface area contributed by atoms with Gasteiger partial charge < -0.3 is 30.5 Å². The quantitative estimate of drug-likeness (QED) is 0.146. The summed E-state index contributed by atoms with van der Waals surface area (Å²) in [5, 5.41) is 29.8. The molecule has 0 radical (unpaired) electrons. The van der Waals surface area contributed by atoms with Crippen LogP contribution in [-0.4, -0.2) is 79.4 Å².